The van der Waals surface area contributed by atoms with Crippen LogP contribution < -0.4 is 11.1 Å². The molecule has 0 aliphatic heterocycles. The maximum Gasteiger partial charge on any atom is 0.223 e. The van der Waals surface area contributed by atoms with E-state index in [9.17, 15) is 4.79 Å². The van der Waals surface area contributed by atoms with Crippen LogP contribution in [0, 0.1) is 11.8 Å². The molecule has 1 aliphatic carbocycles. The Kier molecular flexibility index (Phi) is 5.05. The van der Waals surface area contributed by atoms with Gasteiger partial charge in [-0.2, -0.15) is 0 Å². The van der Waals surface area contributed by atoms with E-state index in [2.05, 4.69) is 5.32 Å². The van der Waals surface area contributed by atoms with E-state index in [-0.39, 0.29) is 24.5 Å². The van der Waals surface area contributed by atoms with Crippen molar-refractivity contribution in [2.75, 3.05) is 13.2 Å². The molecular formula is C11H22N2O2. The Morgan fingerprint density at radius 2 is 2.20 bits per heavy atom. The van der Waals surface area contributed by atoms with E-state index in [1.807, 2.05) is 0 Å². The maximum absolute atomic E-state index is 11.9. The molecule has 0 bridgehead atoms. The lowest BCUT2D eigenvalue weighted by molar-refractivity contribution is -0.128. The summed E-state index contributed by atoms with van der Waals surface area (Å²) in [6, 6.07) is -0.155. The summed E-state index contributed by atoms with van der Waals surface area (Å²) >= 11 is 0. The standard InChI is InChI=1S/C11H22N2O2/c1-8(7-14)13-11(15)10-5-3-2-4-9(10)6-12/h8-10,14H,2-7,12H2,1H3,(H,13,15). The molecule has 1 rings (SSSR count). The number of hydrogen-bond acceptors (Lipinski definition) is 3. The molecule has 0 aromatic carbocycles. The summed E-state index contributed by atoms with van der Waals surface area (Å²) in [6.07, 6.45) is 4.29. The van der Waals surface area contributed by atoms with Gasteiger partial charge in [0.25, 0.3) is 0 Å². The lowest BCUT2D eigenvalue weighted by atomic mass is 9.78. The largest absolute Gasteiger partial charge is 0.394 e. The van der Waals surface area contributed by atoms with Crippen LogP contribution in [0.5, 0.6) is 0 Å². The Labute approximate surface area is 91.2 Å². The van der Waals surface area contributed by atoms with Crippen molar-refractivity contribution in [2.45, 2.75) is 38.6 Å². The van der Waals surface area contributed by atoms with E-state index in [0.29, 0.717) is 12.5 Å². The van der Waals surface area contributed by atoms with Crippen LogP contribution in [0.1, 0.15) is 32.6 Å². The Morgan fingerprint density at radius 3 is 2.80 bits per heavy atom. The van der Waals surface area contributed by atoms with Crippen LogP contribution in [0.2, 0.25) is 0 Å². The van der Waals surface area contributed by atoms with Crippen molar-refractivity contribution in [3.63, 3.8) is 0 Å². The predicted octanol–water partition coefficient (Wildman–Crippen LogP) is 0.249. The van der Waals surface area contributed by atoms with Crippen molar-refractivity contribution in [3.8, 4) is 0 Å². The Bertz CT molecular complexity index is 209. The molecule has 3 unspecified atom stereocenters. The second kappa shape index (κ2) is 6.08. The van der Waals surface area contributed by atoms with E-state index in [4.69, 9.17) is 10.8 Å². The van der Waals surface area contributed by atoms with E-state index in [1.165, 1.54) is 6.42 Å². The highest BCUT2D eigenvalue weighted by Gasteiger charge is 2.30. The molecule has 0 spiro atoms. The highest BCUT2D eigenvalue weighted by molar-refractivity contribution is 5.79. The van der Waals surface area contributed by atoms with Crippen LogP contribution in [-0.2, 0) is 4.79 Å². The molecule has 3 atom stereocenters. The minimum atomic E-state index is -0.155. The Morgan fingerprint density at radius 1 is 1.53 bits per heavy atom. The molecule has 0 aromatic rings. The topological polar surface area (TPSA) is 75.3 Å². The zero-order valence-corrected chi connectivity index (χ0v) is 9.41. The SMILES string of the molecule is CC(CO)NC(=O)C1CCCCC1CN. The van der Waals surface area contributed by atoms with Gasteiger partial charge in [0.15, 0.2) is 0 Å². The molecule has 4 nitrogen and oxygen atoms in total. The van der Waals surface area contributed by atoms with Crippen molar-refractivity contribution in [3.05, 3.63) is 0 Å². The van der Waals surface area contributed by atoms with Gasteiger partial charge in [-0.25, -0.2) is 0 Å². The Balaban J connectivity index is 2.48. The molecule has 88 valence electrons. The van der Waals surface area contributed by atoms with Gasteiger partial charge in [-0.3, -0.25) is 4.79 Å². The molecule has 4 heteroatoms. The zero-order chi connectivity index (χ0) is 11.3. The fourth-order valence-electron chi connectivity index (χ4n) is 2.23. The van der Waals surface area contributed by atoms with E-state index in [0.717, 1.165) is 19.3 Å². The molecule has 1 saturated carbocycles. The molecule has 0 heterocycles. The first-order chi connectivity index (χ1) is 7.19. The van der Waals surface area contributed by atoms with E-state index >= 15 is 0 Å². The summed E-state index contributed by atoms with van der Waals surface area (Å²) < 4.78 is 0. The van der Waals surface area contributed by atoms with E-state index in [1.54, 1.807) is 6.92 Å². The van der Waals surface area contributed by atoms with Crippen molar-refractivity contribution in [1.82, 2.24) is 5.32 Å². The van der Waals surface area contributed by atoms with Crippen molar-refractivity contribution in [2.24, 2.45) is 17.6 Å². The minimum absolute atomic E-state index is 0.00818. The quantitative estimate of drug-likeness (QED) is 0.628. The first-order valence-electron chi connectivity index (χ1n) is 5.80. The molecule has 0 saturated heterocycles. The number of hydrogen-bond donors (Lipinski definition) is 3. The summed E-state index contributed by atoms with van der Waals surface area (Å²) in [5.41, 5.74) is 5.67. The lowest BCUT2D eigenvalue weighted by Gasteiger charge is -2.30. The van der Waals surface area contributed by atoms with Crippen molar-refractivity contribution >= 4 is 5.91 Å². The highest BCUT2D eigenvalue weighted by Crippen LogP contribution is 2.29. The first-order valence-corrected chi connectivity index (χ1v) is 5.80. The maximum atomic E-state index is 11.9. The lowest BCUT2D eigenvalue weighted by Crippen LogP contribution is -2.44. The molecular weight excluding hydrogens is 192 g/mol. The average Bonchev–Trinajstić information content (AvgIpc) is 2.28. The normalized spacial score (nSPS) is 28.5. The monoisotopic (exact) mass is 214 g/mol. The van der Waals surface area contributed by atoms with Crippen LogP contribution in [0.4, 0.5) is 0 Å². The Hall–Kier alpha value is -0.610. The van der Waals surface area contributed by atoms with Crippen LogP contribution in [0.3, 0.4) is 0 Å². The number of carbonyl (C=O) groups is 1. The molecule has 4 N–H and O–H groups in total. The zero-order valence-electron chi connectivity index (χ0n) is 9.41. The predicted molar refractivity (Wildman–Crippen MR) is 59.2 cm³/mol. The summed E-state index contributed by atoms with van der Waals surface area (Å²) in [5, 5.41) is 11.7. The summed E-state index contributed by atoms with van der Waals surface area (Å²) in [6.45, 7) is 2.38. The van der Waals surface area contributed by atoms with Crippen LogP contribution in [-0.4, -0.2) is 30.2 Å². The van der Waals surface area contributed by atoms with Gasteiger partial charge in [-0.1, -0.05) is 12.8 Å². The van der Waals surface area contributed by atoms with Gasteiger partial charge in [0.05, 0.1) is 6.61 Å². The minimum Gasteiger partial charge on any atom is -0.394 e. The van der Waals surface area contributed by atoms with Gasteiger partial charge in [0.2, 0.25) is 5.91 Å². The molecule has 15 heavy (non-hydrogen) atoms. The highest BCUT2D eigenvalue weighted by atomic mass is 16.3. The molecule has 0 radical (unpaired) electrons. The third-order valence-electron chi connectivity index (χ3n) is 3.21. The van der Waals surface area contributed by atoms with Gasteiger partial charge < -0.3 is 16.2 Å². The number of aliphatic hydroxyl groups is 1. The molecule has 1 fully saturated rings. The first kappa shape index (κ1) is 12.5. The smallest absolute Gasteiger partial charge is 0.223 e. The van der Waals surface area contributed by atoms with Gasteiger partial charge in [-0.15, -0.1) is 0 Å². The van der Waals surface area contributed by atoms with Crippen LogP contribution in [0.25, 0.3) is 0 Å². The third-order valence-corrected chi connectivity index (χ3v) is 3.21. The summed E-state index contributed by atoms with van der Waals surface area (Å²) in [4.78, 5) is 11.9. The number of amides is 1. The fourth-order valence-corrected chi connectivity index (χ4v) is 2.23. The van der Waals surface area contributed by atoms with Crippen LogP contribution >= 0.6 is 0 Å². The number of carbonyl (C=O) groups excluding carboxylic acids is 1. The third kappa shape index (κ3) is 3.47. The number of nitrogens with two attached hydrogens (primary N) is 1. The van der Waals surface area contributed by atoms with Gasteiger partial charge >= 0.3 is 0 Å². The van der Waals surface area contributed by atoms with Gasteiger partial charge in [-0.05, 0) is 32.2 Å². The second-order valence-corrected chi connectivity index (χ2v) is 4.48. The number of aliphatic hydroxyl groups excluding tert-OH is 1. The average molecular weight is 214 g/mol. The fraction of sp³-hybridized carbons (Fsp3) is 0.909. The second-order valence-electron chi connectivity index (χ2n) is 4.48. The van der Waals surface area contributed by atoms with Crippen LogP contribution in [0.15, 0.2) is 0 Å². The van der Waals surface area contributed by atoms with Crippen molar-refractivity contribution in [1.29, 1.82) is 0 Å². The summed E-state index contributed by atoms with van der Waals surface area (Å²) in [5.74, 6) is 0.439. The van der Waals surface area contributed by atoms with Crippen molar-refractivity contribution < 1.29 is 9.90 Å². The van der Waals surface area contributed by atoms with E-state index < -0.39 is 0 Å². The van der Waals surface area contributed by atoms with Gasteiger partial charge in [0, 0.05) is 12.0 Å². The molecule has 1 amide bonds. The molecule has 0 aromatic heterocycles. The molecule has 1 aliphatic rings. The number of rotatable bonds is 4. The number of nitrogens with one attached hydrogen (secondary N) is 1. The van der Waals surface area contributed by atoms with Gasteiger partial charge in [0.1, 0.15) is 0 Å². The summed E-state index contributed by atoms with van der Waals surface area (Å²) in [7, 11) is 0.